The van der Waals surface area contributed by atoms with Gasteiger partial charge in [-0.3, -0.25) is 9.59 Å². The number of aryl methyl sites for hydroxylation is 2. The molecule has 0 aliphatic carbocycles. The van der Waals surface area contributed by atoms with Crippen molar-refractivity contribution in [3.63, 3.8) is 0 Å². The van der Waals surface area contributed by atoms with Gasteiger partial charge in [-0.15, -0.1) is 0 Å². The lowest BCUT2D eigenvalue weighted by Gasteiger charge is -2.08. The summed E-state index contributed by atoms with van der Waals surface area (Å²) in [6.45, 7) is 1.86. The van der Waals surface area contributed by atoms with Crippen LogP contribution in [0.15, 0.2) is 35.1 Å². The molecular formula is C13H12ClN3O2. The number of hydrogen-bond donors (Lipinski definition) is 1. The summed E-state index contributed by atoms with van der Waals surface area (Å²) in [5.41, 5.74) is 1.41. The van der Waals surface area contributed by atoms with Gasteiger partial charge in [0, 0.05) is 23.8 Å². The van der Waals surface area contributed by atoms with E-state index in [1.165, 1.54) is 19.2 Å². The van der Waals surface area contributed by atoms with Crippen molar-refractivity contribution in [2.45, 2.75) is 6.92 Å². The Labute approximate surface area is 114 Å². The Morgan fingerprint density at radius 2 is 2.05 bits per heavy atom. The maximum absolute atomic E-state index is 12.0. The molecule has 98 valence electrons. The van der Waals surface area contributed by atoms with Gasteiger partial charge in [0.1, 0.15) is 5.69 Å². The van der Waals surface area contributed by atoms with E-state index in [0.29, 0.717) is 10.7 Å². The summed E-state index contributed by atoms with van der Waals surface area (Å²) in [6, 6.07) is 7.91. The Morgan fingerprint density at radius 1 is 1.32 bits per heavy atom. The zero-order valence-corrected chi connectivity index (χ0v) is 11.2. The van der Waals surface area contributed by atoms with Crippen molar-refractivity contribution in [3.8, 4) is 0 Å². The number of amides is 1. The number of anilines is 1. The Bertz CT molecular complexity index is 695. The van der Waals surface area contributed by atoms with Crippen LogP contribution in [0.3, 0.4) is 0 Å². The summed E-state index contributed by atoms with van der Waals surface area (Å²) in [5.74, 6) is -0.388. The molecule has 0 saturated heterocycles. The molecule has 5 nitrogen and oxygen atoms in total. The third-order valence-electron chi connectivity index (χ3n) is 2.64. The maximum atomic E-state index is 12.0. The van der Waals surface area contributed by atoms with Gasteiger partial charge in [-0.05, 0) is 30.7 Å². The molecule has 0 atom stereocenters. The van der Waals surface area contributed by atoms with Gasteiger partial charge in [0.15, 0.2) is 0 Å². The van der Waals surface area contributed by atoms with Crippen molar-refractivity contribution in [3.05, 3.63) is 57.0 Å². The van der Waals surface area contributed by atoms with Gasteiger partial charge in [0.25, 0.3) is 11.5 Å². The molecule has 0 aliphatic rings. The minimum absolute atomic E-state index is 0.168. The molecule has 1 heterocycles. The minimum Gasteiger partial charge on any atom is -0.320 e. The van der Waals surface area contributed by atoms with Gasteiger partial charge in [0.05, 0.1) is 0 Å². The van der Waals surface area contributed by atoms with Crippen molar-refractivity contribution < 1.29 is 4.79 Å². The Balaban J connectivity index is 2.28. The number of rotatable bonds is 2. The SMILES string of the molecule is Cc1ccc(Cl)cc1NC(=O)c1ccc(=O)n(C)n1. The highest BCUT2D eigenvalue weighted by Gasteiger charge is 2.10. The number of carbonyl (C=O) groups is 1. The molecule has 0 unspecified atom stereocenters. The van der Waals surface area contributed by atoms with E-state index < -0.39 is 0 Å². The van der Waals surface area contributed by atoms with Crippen LogP contribution in [-0.2, 0) is 7.05 Å². The lowest BCUT2D eigenvalue weighted by molar-refractivity contribution is 0.102. The maximum Gasteiger partial charge on any atom is 0.276 e. The van der Waals surface area contributed by atoms with E-state index in [4.69, 9.17) is 11.6 Å². The molecule has 19 heavy (non-hydrogen) atoms. The van der Waals surface area contributed by atoms with Gasteiger partial charge < -0.3 is 5.32 Å². The summed E-state index contributed by atoms with van der Waals surface area (Å²) < 4.78 is 1.11. The largest absolute Gasteiger partial charge is 0.320 e. The number of nitrogens with zero attached hydrogens (tertiary/aromatic N) is 2. The molecule has 0 radical (unpaired) electrons. The molecule has 0 saturated carbocycles. The van der Waals surface area contributed by atoms with E-state index in [1.54, 1.807) is 12.1 Å². The van der Waals surface area contributed by atoms with Crippen molar-refractivity contribution in [2.75, 3.05) is 5.32 Å². The molecule has 0 bridgehead atoms. The third kappa shape index (κ3) is 3.00. The normalized spacial score (nSPS) is 10.3. The average molecular weight is 278 g/mol. The second kappa shape index (κ2) is 5.24. The molecule has 1 amide bonds. The second-order valence-electron chi connectivity index (χ2n) is 4.09. The lowest BCUT2D eigenvalue weighted by Crippen LogP contribution is -2.23. The molecule has 2 rings (SSSR count). The smallest absolute Gasteiger partial charge is 0.276 e. The predicted molar refractivity (Wildman–Crippen MR) is 73.6 cm³/mol. The van der Waals surface area contributed by atoms with E-state index in [-0.39, 0.29) is 17.2 Å². The molecule has 0 aliphatic heterocycles. The first-order chi connectivity index (χ1) is 8.97. The number of nitrogens with one attached hydrogen (secondary N) is 1. The summed E-state index contributed by atoms with van der Waals surface area (Å²) in [6.07, 6.45) is 0. The van der Waals surface area contributed by atoms with Crippen molar-refractivity contribution in [2.24, 2.45) is 7.05 Å². The lowest BCUT2D eigenvalue weighted by atomic mass is 10.2. The van der Waals surface area contributed by atoms with E-state index in [0.717, 1.165) is 10.2 Å². The fraction of sp³-hybridized carbons (Fsp3) is 0.154. The van der Waals surface area contributed by atoms with Crippen molar-refractivity contribution >= 4 is 23.2 Å². The van der Waals surface area contributed by atoms with Gasteiger partial charge >= 0.3 is 0 Å². The quantitative estimate of drug-likeness (QED) is 0.913. The summed E-state index contributed by atoms with van der Waals surface area (Å²) in [7, 11) is 1.49. The molecule has 1 aromatic heterocycles. The molecule has 1 aromatic carbocycles. The molecule has 6 heteroatoms. The van der Waals surface area contributed by atoms with Crippen molar-refractivity contribution in [1.82, 2.24) is 9.78 Å². The zero-order valence-electron chi connectivity index (χ0n) is 10.5. The molecule has 1 N–H and O–H groups in total. The first-order valence-corrected chi connectivity index (χ1v) is 5.97. The summed E-state index contributed by atoms with van der Waals surface area (Å²) in [4.78, 5) is 23.2. The number of carbonyl (C=O) groups excluding carboxylic acids is 1. The Kier molecular flexibility index (Phi) is 3.66. The fourth-order valence-corrected chi connectivity index (χ4v) is 1.71. The van der Waals surface area contributed by atoms with Crippen LogP contribution < -0.4 is 10.9 Å². The topological polar surface area (TPSA) is 64.0 Å². The highest BCUT2D eigenvalue weighted by atomic mass is 35.5. The standard InChI is InChI=1S/C13H12ClN3O2/c1-8-3-4-9(14)7-11(8)15-13(19)10-5-6-12(18)17(2)16-10/h3-7H,1-2H3,(H,15,19). The van der Waals surface area contributed by atoms with Crippen LogP contribution in [0.25, 0.3) is 0 Å². The van der Waals surface area contributed by atoms with Crippen LogP contribution in [-0.4, -0.2) is 15.7 Å². The van der Waals surface area contributed by atoms with E-state index in [2.05, 4.69) is 10.4 Å². The Hall–Kier alpha value is -2.14. The van der Waals surface area contributed by atoms with Crippen LogP contribution >= 0.6 is 11.6 Å². The fourth-order valence-electron chi connectivity index (χ4n) is 1.54. The van der Waals surface area contributed by atoms with Crippen LogP contribution in [0.4, 0.5) is 5.69 Å². The third-order valence-corrected chi connectivity index (χ3v) is 2.88. The van der Waals surface area contributed by atoms with Crippen LogP contribution in [0.1, 0.15) is 16.1 Å². The monoisotopic (exact) mass is 277 g/mol. The van der Waals surface area contributed by atoms with Gasteiger partial charge in [0.2, 0.25) is 0 Å². The second-order valence-corrected chi connectivity index (χ2v) is 4.53. The van der Waals surface area contributed by atoms with Gasteiger partial charge in [-0.1, -0.05) is 17.7 Å². The average Bonchev–Trinajstić information content (AvgIpc) is 2.37. The van der Waals surface area contributed by atoms with Gasteiger partial charge in [-0.25, -0.2) is 4.68 Å². The van der Waals surface area contributed by atoms with Gasteiger partial charge in [-0.2, -0.15) is 5.10 Å². The zero-order chi connectivity index (χ0) is 14.0. The molecule has 2 aromatic rings. The number of benzene rings is 1. The molecule has 0 fully saturated rings. The van der Waals surface area contributed by atoms with E-state index in [1.807, 2.05) is 13.0 Å². The van der Waals surface area contributed by atoms with Crippen molar-refractivity contribution in [1.29, 1.82) is 0 Å². The molecular weight excluding hydrogens is 266 g/mol. The first-order valence-electron chi connectivity index (χ1n) is 5.59. The van der Waals surface area contributed by atoms with E-state index >= 15 is 0 Å². The van der Waals surface area contributed by atoms with Crippen LogP contribution in [0.2, 0.25) is 5.02 Å². The summed E-state index contributed by atoms with van der Waals surface area (Å²) >= 11 is 5.88. The highest BCUT2D eigenvalue weighted by Crippen LogP contribution is 2.20. The van der Waals surface area contributed by atoms with Crippen LogP contribution in [0, 0.1) is 6.92 Å². The molecule has 0 spiro atoms. The van der Waals surface area contributed by atoms with Crippen LogP contribution in [0.5, 0.6) is 0 Å². The number of hydrogen-bond acceptors (Lipinski definition) is 3. The number of halogens is 1. The first kappa shape index (κ1) is 13.3. The Morgan fingerprint density at radius 3 is 2.74 bits per heavy atom. The highest BCUT2D eigenvalue weighted by molar-refractivity contribution is 6.31. The minimum atomic E-state index is -0.388. The predicted octanol–water partition coefficient (Wildman–Crippen LogP) is 1.99. The summed E-state index contributed by atoms with van der Waals surface area (Å²) in [5, 5.41) is 7.13. The number of aromatic nitrogens is 2. The van der Waals surface area contributed by atoms with E-state index in [9.17, 15) is 9.59 Å².